The van der Waals surface area contributed by atoms with Gasteiger partial charge in [0.1, 0.15) is 5.71 Å². The van der Waals surface area contributed by atoms with Gasteiger partial charge in [0.15, 0.2) is 0 Å². The Hall–Kier alpha value is -1.46. The van der Waals surface area contributed by atoms with Crippen LogP contribution in [0.4, 0.5) is 11.4 Å². The smallest absolute Gasteiger partial charge is 0.275 e. The van der Waals surface area contributed by atoms with Gasteiger partial charge >= 0.3 is 0 Å². The van der Waals surface area contributed by atoms with Crippen LogP contribution in [-0.2, 0) is 4.79 Å². The molecule has 0 aromatic heterocycles. The van der Waals surface area contributed by atoms with Gasteiger partial charge < -0.3 is 5.32 Å². The summed E-state index contributed by atoms with van der Waals surface area (Å²) in [5.41, 5.74) is 5.01. The quantitative estimate of drug-likeness (QED) is 0.717. The largest absolute Gasteiger partial charge is 0.320 e. The molecule has 1 aliphatic heterocycles. The van der Waals surface area contributed by atoms with Gasteiger partial charge in [-0.05, 0) is 55.3 Å². The number of fused-ring (bicyclic) bond motifs is 1. The fraction of sp³-hybridized carbons (Fsp3) is 0.125. The molecule has 0 fully saturated rings. The molecule has 2 aromatic rings. The average molecular weight is 408 g/mol. The Morgan fingerprint density at radius 2 is 1.81 bits per heavy atom. The molecule has 106 valence electrons. The molecule has 0 bridgehead atoms. The number of anilines is 1. The molecular formula is C16H12Br2N2O. The van der Waals surface area contributed by atoms with Crippen LogP contribution in [0.2, 0.25) is 0 Å². The van der Waals surface area contributed by atoms with Gasteiger partial charge in [0, 0.05) is 14.5 Å². The first-order chi connectivity index (χ1) is 9.95. The van der Waals surface area contributed by atoms with Crippen molar-refractivity contribution in [2.75, 3.05) is 5.32 Å². The van der Waals surface area contributed by atoms with Crippen LogP contribution in [0.3, 0.4) is 0 Å². The van der Waals surface area contributed by atoms with E-state index in [-0.39, 0.29) is 5.91 Å². The van der Waals surface area contributed by atoms with Crippen LogP contribution in [-0.4, -0.2) is 11.6 Å². The average Bonchev–Trinajstić information content (AvgIpc) is 2.72. The standard InChI is InChI=1S/C16H12Br2N2O/c1-8-6-14(9(2)5-12(8)18)19-15-11-7-10(17)3-4-13(11)20-16(15)21/h3-7H,1-2H3,(H,19,20,21). The fourth-order valence-corrected chi connectivity index (χ4v) is 3.06. The van der Waals surface area contributed by atoms with Gasteiger partial charge in [-0.25, -0.2) is 4.99 Å². The number of hydrogen-bond acceptors (Lipinski definition) is 2. The Labute approximate surface area is 139 Å². The van der Waals surface area contributed by atoms with E-state index in [9.17, 15) is 4.79 Å². The molecule has 0 saturated heterocycles. The maximum absolute atomic E-state index is 12.1. The molecule has 5 heteroatoms. The third kappa shape index (κ3) is 2.68. The maximum atomic E-state index is 12.1. The summed E-state index contributed by atoms with van der Waals surface area (Å²) in [6, 6.07) is 9.68. The van der Waals surface area contributed by atoms with E-state index in [1.807, 2.05) is 44.2 Å². The number of aryl methyl sites for hydroxylation is 2. The molecule has 0 saturated carbocycles. The van der Waals surface area contributed by atoms with Crippen LogP contribution in [0.5, 0.6) is 0 Å². The molecule has 0 atom stereocenters. The Balaban J connectivity index is 2.15. The number of nitrogens with one attached hydrogen (secondary N) is 1. The number of rotatable bonds is 1. The van der Waals surface area contributed by atoms with Crippen molar-refractivity contribution in [2.45, 2.75) is 13.8 Å². The second kappa shape index (κ2) is 5.39. The van der Waals surface area contributed by atoms with Gasteiger partial charge in [0.25, 0.3) is 5.91 Å². The van der Waals surface area contributed by atoms with Crippen LogP contribution in [0, 0.1) is 13.8 Å². The molecule has 1 N–H and O–H groups in total. The third-order valence-corrected chi connectivity index (χ3v) is 4.76. The molecule has 1 aliphatic rings. The number of aliphatic imine (C=N–C) groups is 1. The second-order valence-electron chi connectivity index (χ2n) is 4.99. The highest BCUT2D eigenvalue weighted by molar-refractivity contribution is 9.10. The predicted molar refractivity (Wildman–Crippen MR) is 92.6 cm³/mol. The number of benzene rings is 2. The number of halogens is 2. The second-order valence-corrected chi connectivity index (χ2v) is 6.76. The van der Waals surface area contributed by atoms with Gasteiger partial charge in [-0.1, -0.05) is 31.9 Å². The molecule has 0 aliphatic carbocycles. The Morgan fingerprint density at radius 1 is 1.05 bits per heavy atom. The first-order valence-corrected chi connectivity index (χ1v) is 8.01. The monoisotopic (exact) mass is 406 g/mol. The van der Waals surface area contributed by atoms with E-state index in [0.29, 0.717) is 5.71 Å². The van der Waals surface area contributed by atoms with Crippen LogP contribution in [0.1, 0.15) is 16.7 Å². The lowest BCUT2D eigenvalue weighted by Crippen LogP contribution is -2.14. The lowest BCUT2D eigenvalue weighted by atomic mass is 10.1. The van der Waals surface area contributed by atoms with Crippen molar-refractivity contribution in [1.82, 2.24) is 0 Å². The molecule has 3 rings (SSSR count). The van der Waals surface area contributed by atoms with Crippen molar-refractivity contribution in [3.8, 4) is 0 Å². The number of carbonyl (C=O) groups excluding carboxylic acids is 1. The van der Waals surface area contributed by atoms with E-state index in [1.54, 1.807) is 0 Å². The minimum absolute atomic E-state index is 0.164. The first-order valence-electron chi connectivity index (χ1n) is 6.42. The zero-order chi connectivity index (χ0) is 15.1. The summed E-state index contributed by atoms with van der Waals surface area (Å²) in [4.78, 5) is 16.7. The molecular weight excluding hydrogens is 396 g/mol. The first kappa shape index (κ1) is 14.5. The van der Waals surface area contributed by atoms with Gasteiger partial charge in [-0.2, -0.15) is 0 Å². The SMILES string of the molecule is Cc1cc(N=C2C(=O)Nc3ccc(Br)cc32)c(C)cc1Br. The maximum Gasteiger partial charge on any atom is 0.275 e. The van der Waals surface area contributed by atoms with E-state index >= 15 is 0 Å². The van der Waals surface area contributed by atoms with Crippen LogP contribution < -0.4 is 5.32 Å². The van der Waals surface area contributed by atoms with Crippen molar-refractivity contribution >= 4 is 54.9 Å². The lowest BCUT2D eigenvalue weighted by Gasteiger charge is -2.06. The van der Waals surface area contributed by atoms with E-state index in [2.05, 4.69) is 42.2 Å². The summed E-state index contributed by atoms with van der Waals surface area (Å²) in [5, 5.41) is 2.84. The summed E-state index contributed by atoms with van der Waals surface area (Å²) in [7, 11) is 0. The number of amides is 1. The van der Waals surface area contributed by atoms with Crippen molar-refractivity contribution in [3.05, 3.63) is 56.0 Å². The normalized spacial score (nSPS) is 15.2. The van der Waals surface area contributed by atoms with Crippen molar-refractivity contribution < 1.29 is 4.79 Å². The Kier molecular flexibility index (Phi) is 3.71. The molecule has 0 radical (unpaired) electrons. The zero-order valence-electron chi connectivity index (χ0n) is 11.5. The number of hydrogen-bond donors (Lipinski definition) is 1. The Morgan fingerprint density at radius 3 is 2.57 bits per heavy atom. The summed E-state index contributed by atoms with van der Waals surface area (Å²) < 4.78 is 1.97. The van der Waals surface area contributed by atoms with Gasteiger partial charge in [-0.15, -0.1) is 0 Å². The molecule has 0 unspecified atom stereocenters. The zero-order valence-corrected chi connectivity index (χ0v) is 14.7. The highest BCUT2D eigenvalue weighted by atomic mass is 79.9. The number of nitrogens with zero attached hydrogens (tertiary/aromatic N) is 1. The van der Waals surface area contributed by atoms with Crippen LogP contribution in [0.15, 0.2) is 44.3 Å². The van der Waals surface area contributed by atoms with Crippen molar-refractivity contribution in [1.29, 1.82) is 0 Å². The number of carbonyl (C=O) groups is 1. The molecule has 2 aromatic carbocycles. The van der Waals surface area contributed by atoms with Crippen molar-refractivity contribution in [3.63, 3.8) is 0 Å². The molecule has 21 heavy (non-hydrogen) atoms. The molecule has 1 amide bonds. The Bertz CT molecular complexity index is 797. The van der Waals surface area contributed by atoms with Gasteiger partial charge in [0.2, 0.25) is 0 Å². The van der Waals surface area contributed by atoms with E-state index in [0.717, 1.165) is 37.0 Å². The minimum Gasteiger partial charge on any atom is -0.320 e. The molecule has 0 spiro atoms. The van der Waals surface area contributed by atoms with Gasteiger partial charge in [-0.3, -0.25) is 4.79 Å². The summed E-state index contributed by atoms with van der Waals surface area (Å²) >= 11 is 6.94. The third-order valence-electron chi connectivity index (χ3n) is 3.41. The highest BCUT2D eigenvalue weighted by Gasteiger charge is 2.26. The summed E-state index contributed by atoms with van der Waals surface area (Å²) in [6.07, 6.45) is 0. The topological polar surface area (TPSA) is 41.5 Å². The molecule has 3 nitrogen and oxygen atoms in total. The fourth-order valence-electron chi connectivity index (χ4n) is 2.24. The van der Waals surface area contributed by atoms with E-state index in [4.69, 9.17) is 0 Å². The van der Waals surface area contributed by atoms with Crippen LogP contribution in [0.25, 0.3) is 0 Å². The van der Waals surface area contributed by atoms with Crippen molar-refractivity contribution in [2.24, 2.45) is 4.99 Å². The molecule has 1 heterocycles. The lowest BCUT2D eigenvalue weighted by molar-refractivity contribution is -0.110. The summed E-state index contributed by atoms with van der Waals surface area (Å²) in [5.74, 6) is -0.164. The van der Waals surface area contributed by atoms with Crippen LogP contribution >= 0.6 is 31.9 Å². The highest BCUT2D eigenvalue weighted by Crippen LogP contribution is 2.31. The summed E-state index contributed by atoms with van der Waals surface area (Å²) in [6.45, 7) is 3.99. The van der Waals surface area contributed by atoms with E-state index in [1.165, 1.54) is 0 Å². The predicted octanol–water partition coefficient (Wildman–Crippen LogP) is 4.90. The van der Waals surface area contributed by atoms with E-state index < -0.39 is 0 Å². The minimum atomic E-state index is -0.164. The van der Waals surface area contributed by atoms with Gasteiger partial charge in [0.05, 0.1) is 11.4 Å².